The van der Waals surface area contributed by atoms with Crippen molar-refractivity contribution in [2.75, 3.05) is 13.1 Å². The number of hydrogen-bond donors (Lipinski definition) is 2. The van der Waals surface area contributed by atoms with Crippen LogP contribution in [0.15, 0.2) is 0 Å². The molecule has 0 aliphatic heterocycles. The third-order valence-electron chi connectivity index (χ3n) is 2.16. The standard InChI is InChI=1S/C11H27N3/c1-7-14(8-2)11(12-9(3)4)13-10(5)6/h9-13H,7-8H2,1-6H3. The maximum absolute atomic E-state index is 3.53. The predicted molar refractivity (Wildman–Crippen MR) is 63.3 cm³/mol. The van der Waals surface area contributed by atoms with E-state index in [2.05, 4.69) is 57.1 Å². The molecule has 0 aliphatic rings. The van der Waals surface area contributed by atoms with Crippen LogP contribution in [0.4, 0.5) is 0 Å². The van der Waals surface area contributed by atoms with E-state index in [0.717, 1.165) is 13.1 Å². The second kappa shape index (κ2) is 7.21. The van der Waals surface area contributed by atoms with E-state index in [1.165, 1.54) is 0 Å². The number of rotatable bonds is 7. The zero-order valence-corrected chi connectivity index (χ0v) is 10.6. The molecule has 0 saturated carbocycles. The second-order valence-electron chi connectivity index (χ2n) is 4.27. The molecule has 0 aromatic carbocycles. The van der Waals surface area contributed by atoms with Gasteiger partial charge < -0.3 is 0 Å². The molecule has 0 aromatic heterocycles. The van der Waals surface area contributed by atoms with Gasteiger partial charge in [-0.3, -0.25) is 15.5 Å². The maximum atomic E-state index is 3.53. The summed E-state index contributed by atoms with van der Waals surface area (Å²) in [5.41, 5.74) is 0. The molecule has 3 nitrogen and oxygen atoms in total. The zero-order chi connectivity index (χ0) is 11.1. The van der Waals surface area contributed by atoms with E-state index in [1.54, 1.807) is 0 Å². The molecular weight excluding hydrogens is 174 g/mol. The molecule has 0 fully saturated rings. The number of nitrogens with one attached hydrogen (secondary N) is 2. The van der Waals surface area contributed by atoms with Crippen molar-refractivity contribution in [1.82, 2.24) is 15.5 Å². The Morgan fingerprint density at radius 1 is 0.857 bits per heavy atom. The lowest BCUT2D eigenvalue weighted by Crippen LogP contribution is -2.58. The second-order valence-corrected chi connectivity index (χ2v) is 4.27. The lowest BCUT2D eigenvalue weighted by atomic mass is 10.3. The normalized spacial score (nSPS) is 12.4. The van der Waals surface area contributed by atoms with Crippen LogP contribution in [0.2, 0.25) is 0 Å². The zero-order valence-electron chi connectivity index (χ0n) is 10.6. The van der Waals surface area contributed by atoms with Gasteiger partial charge >= 0.3 is 0 Å². The highest BCUT2D eigenvalue weighted by Crippen LogP contribution is 1.96. The van der Waals surface area contributed by atoms with Crippen molar-refractivity contribution in [2.45, 2.75) is 59.9 Å². The van der Waals surface area contributed by atoms with Gasteiger partial charge in [-0.05, 0) is 40.8 Å². The summed E-state index contributed by atoms with van der Waals surface area (Å²) in [6.07, 6.45) is 0.296. The van der Waals surface area contributed by atoms with Gasteiger partial charge in [-0.25, -0.2) is 0 Å². The minimum Gasteiger partial charge on any atom is -0.287 e. The lowest BCUT2D eigenvalue weighted by molar-refractivity contribution is 0.130. The molecule has 0 atom stereocenters. The molecule has 14 heavy (non-hydrogen) atoms. The summed E-state index contributed by atoms with van der Waals surface area (Å²) in [7, 11) is 0. The average molecular weight is 201 g/mol. The lowest BCUT2D eigenvalue weighted by Gasteiger charge is -2.34. The smallest absolute Gasteiger partial charge is 0.114 e. The largest absolute Gasteiger partial charge is 0.287 e. The molecule has 0 rings (SSSR count). The predicted octanol–water partition coefficient (Wildman–Crippen LogP) is 1.61. The minimum absolute atomic E-state index is 0.296. The van der Waals surface area contributed by atoms with Gasteiger partial charge in [-0.1, -0.05) is 13.8 Å². The summed E-state index contributed by atoms with van der Waals surface area (Å²) in [5, 5.41) is 7.06. The van der Waals surface area contributed by atoms with Crippen molar-refractivity contribution in [3.8, 4) is 0 Å². The highest BCUT2D eigenvalue weighted by Gasteiger charge is 2.16. The summed E-state index contributed by atoms with van der Waals surface area (Å²) >= 11 is 0. The van der Waals surface area contributed by atoms with Crippen LogP contribution in [0, 0.1) is 0 Å². The Morgan fingerprint density at radius 2 is 1.21 bits per heavy atom. The Kier molecular flexibility index (Phi) is 7.15. The molecule has 0 saturated heterocycles. The van der Waals surface area contributed by atoms with E-state index in [0.29, 0.717) is 18.4 Å². The van der Waals surface area contributed by atoms with Crippen LogP contribution in [0.1, 0.15) is 41.5 Å². The third-order valence-corrected chi connectivity index (χ3v) is 2.16. The van der Waals surface area contributed by atoms with Gasteiger partial charge in [0.05, 0.1) is 0 Å². The monoisotopic (exact) mass is 201 g/mol. The number of nitrogens with zero attached hydrogens (tertiary/aromatic N) is 1. The van der Waals surface area contributed by atoms with Gasteiger partial charge in [0.1, 0.15) is 6.29 Å². The van der Waals surface area contributed by atoms with E-state index in [9.17, 15) is 0 Å². The van der Waals surface area contributed by atoms with Gasteiger partial charge in [0.15, 0.2) is 0 Å². The van der Waals surface area contributed by atoms with Crippen LogP contribution >= 0.6 is 0 Å². The molecule has 0 unspecified atom stereocenters. The molecule has 0 radical (unpaired) electrons. The summed E-state index contributed by atoms with van der Waals surface area (Å²) in [5.74, 6) is 0. The fourth-order valence-corrected chi connectivity index (χ4v) is 1.48. The SMILES string of the molecule is CCN(CC)C(NC(C)C)NC(C)C. The molecule has 86 valence electrons. The van der Waals surface area contributed by atoms with Crippen LogP contribution in [-0.2, 0) is 0 Å². The fourth-order valence-electron chi connectivity index (χ4n) is 1.48. The first-order valence-electron chi connectivity index (χ1n) is 5.77. The summed E-state index contributed by atoms with van der Waals surface area (Å²) in [6.45, 7) is 15.2. The molecular formula is C11H27N3. The van der Waals surface area contributed by atoms with Gasteiger partial charge in [0.25, 0.3) is 0 Å². The Bertz CT molecular complexity index is 120. The van der Waals surface area contributed by atoms with E-state index >= 15 is 0 Å². The first-order chi connectivity index (χ1) is 6.51. The van der Waals surface area contributed by atoms with E-state index < -0.39 is 0 Å². The Morgan fingerprint density at radius 3 is 1.43 bits per heavy atom. The Labute approximate surface area is 89.2 Å². The van der Waals surface area contributed by atoms with Gasteiger partial charge in [-0.15, -0.1) is 0 Å². The van der Waals surface area contributed by atoms with Crippen molar-refractivity contribution in [3.05, 3.63) is 0 Å². The molecule has 0 heterocycles. The fraction of sp³-hybridized carbons (Fsp3) is 1.00. The topological polar surface area (TPSA) is 27.3 Å². The van der Waals surface area contributed by atoms with Gasteiger partial charge in [-0.2, -0.15) is 0 Å². The van der Waals surface area contributed by atoms with Crippen LogP contribution in [0.5, 0.6) is 0 Å². The Hall–Kier alpha value is -0.120. The van der Waals surface area contributed by atoms with Crippen LogP contribution < -0.4 is 10.6 Å². The van der Waals surface area contributed by atoms with E-state index in [-0.39, 0.29) is 0 Å². The average Bonchev–Trinajstić information content (AvgIpc) is 2.03. The molecule has 2 N–H and O–H groups in total. The molecule has 0 aliphatic carbocycles. The summed E-state index contributed by atoms with van der Waals surface area (Å²) in [6, 6.07) is 1.01. The van der Waals surface area contributed by atoms with Crippen molar-refractivity contribution in [1.29, 1.82) is 0 Å². The van der Waals surface area contributed by atoms with Crippen LogP contribution in [0.3, 0.4) is 0 Å². The molecule has 0 aromatic rings. The van der Waals surface area contributed by atoms with Crippen LogP contribution in [-0.4, -0.2) is 36.4 Å². The quantitative estimate of drug-likeness (QED) is 0.613. The molecule has 0 spiro atoms. The molecule has 0 amide bonds. The van der Waals surface area contributed by atoms with E-state index in [1.807, 2.05) is 0 Å². The van der Waals surface area contributed by atoms with E-state index in [4.69, 9.17) is 0 Å². The Balaban J connectivity index is 4.20. The van der Waals surface area contributed by atoms with Crippen molar-refractivity contribution < 1.29 is 0 Å². The summed E-state index contributed by atoms with van der Waals surface area (Å²) in [4.78, 5) is 2.39. The highest BCUT2D eigenvalue weighted by molar-refractivity contribution is 4.70. The third kappa shape index (κ3) is 5.58. The first kappa shape index (κ1) is 13.9. The molecule has 0 bridgehead atoms. The minimum atomic E-state index is 0.296. The van der Waals surface area contributed by atoms with Crippen molar-refractivity contribution >= 4 is 0 Å². The van der Waals surface area contributed by atoms with Gasteiger partial charge in [0, 0.05) is 12.1 Å². The number of hydrogen-bond acceptors (Lipinski definition) is 3. The van der Waals surface area contributed by atoms with Crippen LogP contribution in [0.25, 0.3) is 0 Å². The van der Waals surface area contributed by atoms with Crippen molar-refractivity contribution in [2.24, 2.45) is 0 Å². The molecule has 3 heteroatoms. The van der Waals surface area contributed by atoms with Crippen molar-refractivity contribution in [3.63, 3.8) is 0 Å². The maximum Gasteiger partial charge on any atom is 0.114 e. The highest BCUT2D eigenvalue weighted by atomic mass is 15.4. The first-order valence-corrected chi connectivity index (χ1v) is 5.77. The summed E-state index contributed by atoms with van der Waals surface area (Å²) < 4.78 is 0. The van der Waals surface area contributed by atoms with Gasteiger partial charge in [0.2, 0.25) is 0 Å².